The van der Waals surface area contributed by atoms with Crippen LogP contribution in [-0.2, 0) is 6.54 Å². The summed E-state index contributed by atoms with van der Waals surface area (Å²) < 4.78 is 2.05. The largest absolute Gasteiger partial charge is 0.340 e. The lowest BCUT2D eigenvalue weighted by Gasteiger charge is -2.33. The second kappa shape index (κ2) is 2.60. The summed E-state index contributed by atoms with van der Waals surface area (Å²) in [5, 5.41) is 0. The van der Waals surface area contributed by atoms with Crippen LogP contribution < -0.4 is 0 Å². The molecule has 1 amide bonds. The van der Waals surface area contributed by atoms with Crippen molar-refractivity contribution in [2.24, 2.45) is 0 Å². The van der Waals surface area contributed by atoms with E-state index in [1.165, 1.54) is 0 Å². The molecule has 2 aliphatic heterocycles. The summed E-state index contributed by atoms with van der Waals surface area (Å²) in [6.07, 6.45) is 2.25. The van der Waals surface area contributed by atoms with Gasteiger partial charge in [-0.25, -0.2) is 0 Å². The monoisotopic (exact) mass is 191 g/mol. The Kier molecular flexibility index (Phi) is 1.50. The van der Waals surface area contributed by atoms with Crippen LogP contribution in [0.4, 0.5) is 0 Å². The molecule has 1 atom stereocenters. The molecule has 2 aliphatic rings. The number of fused-ring (bicyclic) bond motifs is 2. The van der Waals surface area contributed by atoms with E-state index in [-0.39, 0.29) is 12.1 Å². The average Bonchev–Trinajstić information content (AvgIpc) is 2.75. The van der Waals surface area contributed by atoms with Crippen LogP contribution in [0.25, 0.3) is 0 Å². The molecule has 0 bridgehead atoms. The van der Waals surface area contributed by atoms with Crippen LogP contribution in [0.5, 0.6) is 0 Å². The van der Waals surface area contributed by atoms with E-state index in [1.807, 2.05) is 27.8 Å². The minimum atomic E-state index is 0.176. The van der Waals surface area contributed by atoms with Crippen molar-refractivity contribution in [3.63, 3.8) is 0 Å². The Balaban J connectivity index is 2.05. The molecular formula is C10H13N3O. The molecule has 4 heteroatoms. The van der Waals surface area contributed by atoms with Crippen molar-refractivity contribution in [1.29, 1.82) is 0 Å². The van der Waals surface area contributed by atoms with Gasteiger partial charge in [-0.1, -0.05) is 0 Å². The van der Waals surface area contributed by atoms with E-state index in [0.29, 0.717) is 0 Å². The lowest BCUT2D eigenvalue weighted by Crippen LogP contribution is -2.48. The van der Waals surface area contributed by atoms with Gasteiger partial charge in [0.25, 0.3) is 5.91 Å². The van der Waals surface area contributed by atoms with Crippen molar-refractivity contribution in [1.82, 2.24) is 14.4 Å². The second-order valence-corrected chi connectivity index (χ2v) is 4.01. The highest BCUT2D eigenvalue weighted by molar-refractivity contribution is 5.93. The average molecular weight is 191 g/mol. The van der Waals surface area contributed by atoms with Crippen molar-refractivity contribution in [3.8, 4) is 0 Å². The van der Waals surface area contributed by atoms with Crippen LogP contribution in [-0.4, -0.2) is 46.6 Å². The molecule has 74 valence electrons. The van der Waals surface area contributed by atoms with Gasteiger partial charge in [0, 0.05) is 19.3 Å². The van der Waals surface area contributed by atoms with Gasteiger partial charge in [-0.15, -0.1) is 0 Å². The topological polar surface area (TPSA) is 28.5 Å². The maximum absolute atomic E-state index is 12.0. The lowest BCUT2D eigenvalue weighted by atomic mass is 10.2. The highest BCUT2D eigenvalue weighted by Gasteiger charge is 2.38. The Bertz CT molecular complexity index is 384. The zero-order valence-electron chi connectivity index (χ0n) is 8.18. The molecule has 0 spiro atoms. The molecule has 1 fully saturated rings. The van der Waals surface area contributed by atoms with Crippen molar-refractivity contribution >= 4 is 5.91 Å². The van der Waals surface area contributed by atoms with Crippen molar-refractivity contribution in [3.05, 3.63) is 24.0 Å². The minimum Gasteiger partial charge on any atom is -0.340 e. The van der Waals surface area contributed by atoms with Crippen LogP contribution in [0.2, 0.25) is 0 Å². The van der Waals surface area contributed by atoms with Gasteiger partial charge < -0.3 is 9.47 Å². The molecule has 3 rings (SSSR count). The molecule has 0 aromatic carbocycles. The molecule has 1 aromatic heterocycles. The Morgan fingerprint density at radius 2 is 2.29 bits per heavy atom. The zero-order chi connectivity index (χ0) is 9.71. The predicted octanol–water partition coefficient (Wildman–Crippen LogP) is 0.215. The van der Waals surface area contributed by atoms with Gasteiger partial charge in [0.2, 0.25) is 0 Å². The third kappa shape index (κ3) is 0.889. The number of rotatable bonds is 0. The van der Waals surface area contributed by atoms with Crippen LogP contribution in [0.3, 0.4) is 0 Å². The first-order chi connectivity index (χ1) is 6.77. The summed E-state index contributed by atoms with van der Waals surface area (Å²) >= 11 is 0. The summed E-state index contributed by atoms with van der Waals surface area (Å²) in [5.74, 6) is 0.176. The third-order valence-corrected chi connectivity index (χ3v) is 3.23. The van der Waals surface area contributed by atoms with Crippen LogP contribution in [0.1, 0.15) is 10.5 Å². The summed E-state index contributed by atoms with van der Waals surface area (Å²) in [4.78, 5) is 16.2. The summed E-state index contributed by atoms with van der Waals surface area (Å²) in [7, 11) is 2.08. The molecule has 0 N–H and O–H groups in total. The Hall–Kier alpha value is -1.29. The fourth-order valence-corrected chi connectivity index (χ4v) is 2.37. The minimum absolute atomic E-state index is 0.176. The van der Waals surface area contributed by atoms with Crippen molar-refractivity contribution in [2.75, 3.05) is 20.1 Å². The second-order valence-electron chi connectivity index (χ2n) is 4.01. The SMILES string of the molecule is CN1CCN2C(=O)c3cccn3CC12. The molecule has 0 radical (unpaired) electrons. The summed E-state index contributed by atoms with van der Waals surface area (Å²) in [6, 6.07) is 3.84. The predicted molar refractivity (Wildman–Crippen MR) is 51.9 cm³/mol. The number of carbonyl (C=O) groups excluding carboxylic acids is 1. The first-order valence-electron chi connectivity index (χ1n) is 4.94. The Morgan fingerprint density at radius 3 is 3.14 bits per heavy atom. The summed E-state index contributed by atoms with van der Waals surface area (Å²) in [6.45, 7) is 2.76. The van der Waals surface area contributed by atoms with E-state index in [9.17, 15) is 4.79 Å². The molecular weight excluding hydrogens is 178 g/mol. The maximum Gasteiger partial charge on any atom is 0.271 e. The lowest BCUT2D eigenvalue weighted by molar-refractivity contribution is 0.0554. The molecule has 4 nitrogen and oxygen atoms in total. The van der Waals surface area contributed by atoms with E-state index in [0.717, 1.165) is 25.3 Å². The molecule has 1 unspecified atom stereocenters. The first-order valence-corrected chi connectivity index (χ1v) is 4.94. The van der Waals surface area contributed by atoms with Crippen molar-refractivity contribution in [2.45, 2.75) is 12.7 Å². The van der Waals surface area contributed by atoms with E-state index >= 15 is 0 Å². The molecule has 1 saturated heterocycles. The van der Waals surface area contributed by atoms with Crippen LogP contribution in [0, 0.1) is 0 Å². The number of hydrogen-bond donors (Lipinski definition) is 0. The number of carbonyl (C=O) groups is 1. The van der Waals surface area contributed by atoms with Crippen molar-refractivity contribution < 1.29 is 4.79 Å². The highest BCUT2D eigenvalue weighted by Crippen LogP contribution is 2.23. The maximum atomic E-state index is 12.0. The van der Waals surface area contributed by atoms with Gasteiger partial charge in [0.15, 0.2) is 0 Å². The van der Waals surface area contributed by atoms with Crippen LogP contribution in [0.15, 0.2) is 18.3 Å². The van der Waals surface area contributed by atoms with Gasteiger partial charge in [-0.2, -0.15) is 0 Å². The zero-order valence-corrected chi connectivity index (χ0v) is 8.18. The van der Waals surface area contributed by atoms with Gasteiger partial charge in [-0.3, -0.25) is 9.69 Å². The highest BCUT2D eigenvalue weighted by atomic mass is 16.2. The summed E-state index contributed by atoms with van der Waals surface area (Å²) in [5.41, 5.74) is 0.830. The molecule has 3 heterocycles. The number of aromatic nitrogens is 1. The fraction of sp³-hybridized carbons (Fsp3) is 0.500. The number of hydrogen-bond acceptors (Lipinski definition) is 2. The molecule has 14 heavy (non-hydrogen) atoms. The van der Waals surface area contributed by atoms with Crippen LogP contribution >= 0.6 is 0 Å². The number of amides is 1. The van der Waals surface area contributed by atoms with Gasteiger partial charge in [-0.05, 0) is 19.2 Å². The van der Waals surface area contributed by atoms with Gasteiger partial charge >= 0.3 is 0 Å². The molecule has 0 saturated carbocycles. The molecule has 0 aliphatic carbocycles. The van der Waals surface area contributed by atoms with Gasteiger partial charge in [0.05, 0.1) is 6.54 Å². The smallest absolute Gasteiger partial charge is 0.271 e. The molecule has 1 aromatic rings. The Morgan fingerprint density at radius 1 is 1.43 bits per heavy atom. The van der Waals surface area contributed by atoms with Gasteiger partial charge in [0.1, 0.15) is 11.9 Å². The quantitative estimate of drug-likeness (QED) is 0.586. The number of likely N-dealkylation sites (N-methyl/N-ethyl adjacent to an activating group) is 1. The Labute approximate surface area is 82.7 Å². The van der Waals surface area contributed by atoms with E-state index in [2.05, 4.69) is 11.9 Å². The normalized spacial score (nSPS) is 26.5. The number of nitrogens with zero attached hydrogens (tertiary/aromatic N) is 3. The fourth-order valence-electron chi connectivity index (χ4n) is 2.37. The van der Waals surface area contributed by atoms with E-state index in [4.69, 9.17) is 0 Å². The third-order valence-electron chi connectivity index (χ3n) is 3.23. The van der Waals surface area contributed by atoms with E-state index < -0.39 is 0 Å². The van der Waals surface area contributed by atoms with E-state index in [1.54, 1.807) is 0 Å². The first kappa shape index (κ1) is 8.05. The standard InChI is InChI=1S/C10H13N3O/c1-11-5-6-13-9(11)7-12-4-2-3-8(12)10(13)14/h2-4,9H,5-7H2,1H3.